The molecule has 3 rings (SSSR count). The van der Waals surface area contributed by atoms with Crippen LogP contribution in [0.5, 0.6) is 0 Å². The summed E-state index contributed by atoms with van der Waals surface area (Å²) in [6, 6.07) is 12.4. The molecule has 0 aliphatic carbocycles. The number of benzene rings is 1. The molecule has 0 saturated carbocycles. The summed E-state index contributed by atoms with van der Waals surface area (Å²) in [6.07, 6.45) is 3.67. The van der Waals surface area contributed by atoms with Crippen LogP contribution in [0.4, 0.5) is 0 Å². The molecule has 0 N–H and O–H groups in total. The van der Waals surface area contributed by atoms with Gasteiger partial charge in [0.1, 0.15) is 0 Å². The number of nitrogens with zero attached hydrogens (tertiary/aromatic N) is 1. The van der Waals surface area contributed by atoms with Crippen LogP contribution in [0.2, 0.25) is 0 Å². The zero-order valence-electron chi connectivity index (χ0n) is 7.97. The SMILES string of the molecule is [c]1sc2ccccc2c1-c1cccnc1. The number of aromatic nitrogens is 1. The minimum absolute atomic E-state index is 1.13. The Balaban J connectivity index is 2.28. The summed E-state index contributed by atoms with van der Waals surface area (Å²) in [5.41, 5.74) is 2.29. The van der Waals surface area contributed by atoms with Gasteiger partial charge < -0.3 is 0 Å². The molecule has 0 amide bonds. The van der Waals surface area contributed by atoms with Crippen LogP contribution in [-0.2, 0) is 0 Å². The van der Waals surface area contributed by atoms with Gasteiger partial charge in [0.25, 0.3) is 0 Å². The highest BCUT2D eigenvalue weighted by atomic mass is 32.1. The third kappa shape index (κ3) is 1.43. The fourth-order valence-electron chi connectivity index (χ4n) is 1.65. The van der Waals surface area contributed by atoms with Gasteiger partial charge in [-0.25, -0.2) is 0 Å². The van der Waals surface area contributed by atoms with E-state index in [1.807, 2.05) is 12.3 Å². The molecule has 1 aromatic carbocycles. The monoisotopic (exact) mass is 210 g/mol. The zero-order valence-corrected chi connectivity index (χ0v) is 8.79. The van der Waals surface area contributed by atoms with E-state index in [4.69, 9.17) is 0 Å². The molecule has 1 nitrogen and oxygen atoms in total. The second kappa shape index (κ2) is 3.48. The van der Waals surface area contributed by atoms with E-state index in [1.54, 1.807) is 17.5 Å². The lowest BCUT2D eigenvalue weighted by atomic mass is 10.1. The lowest BCUT2D eigenvalue weighted by Crippen LogP contribution is -1.76. The van der Waals surface area contributed by atoms with E-state index in [-0.39, 0.29) is 0 Å². The highest BCUT2D eigenvalue weighted by Crippen LogP contribution is 2.32. The van der Waals surface area contributed by atoms with Crippen molar-refractivity contribution in [3.8, 4) is 11.1 Å². The highest BCUT2D eigenvalue weighted by molar-refractivity contribution is 7.17. The molecule has 0 fully saturated rings. The first kappa shape index (κ1) is 8.62. The molecule has 0 saturated heterocycles. The van der Waals surface area contributed by atoms with Gasteiger partial charge in [0, 0.05) is 33.6 Å². The molecule has 0 bridgehead atoms. The van der Waals surface area contributed by atoms with E-state index >= 15 is 0 Å². The summed E-state index contributed by atoms with van der Waals surface area (Å²) in [5, 5.41) is 4.59. The first-order chi connectivity index (χ1) is 7.45. The van der Waals surface area contributed by atoms with Crippen LogP contribution in [0.25, 0.3) is 21.2 Å². The lowest BCUT2D eigenvalue weighted by molar-refractivity contribution is 1.33. The summed E-state index contributed by atoms with van der Waals surface area (Å²) in [4.78, 5) is 4.13. The number of rotatable bonds is 1. The molecule has 3 aromatic rings. The van der Waals surface area contributed by atoms with Gasteiger partial charge >= 0.3 is 0 Å². The van der Waals surface area contributed by atoms with E-state index in [0.29, 0.717) is 0 Å². The van der Waals surface area contributed by atoms with Gasteiger partial charge in [0.2, 0.25) is 0 Å². The summed E-state index contributed by atoms with van der Waals surface area (Å²) >= 11 is 1.66. The third-order valence-corrected chi connectivity index (χ3v) is 3.25. The van der Waals surface area contributed by atoms with E-state index in [9.17, 15) is 0 Å². The van der Waals surface area contributed by atoms with Crippen LogP contribution in [0, 0.1) is 5.38 Å². The second-order valence-electron chi connectivity index (χ2n) is 3.32. The van der Waals surface area contributed by atoms with Crippen molar-refractivity contribution in [2.24, 2.45) is 0 Å². The number of thiophene rings is 1. The Morgan fingerprint density at radius 1 is 1.07 bits per heavy atom. The van der Waals surface area contributed by atoms with Crippen molar-refractivity contribution in [3.63, 3.8) is 0 Å². The minimum Gasteiger partial charge on any atom is -0.264 e. The predicted molar refractivity (Wildman–Crippen MR) is 63.9 cm³/mol. The molecule has 2 aromatic heterocycles. The van der Waals surface area contributed by atoms with Gasteiger partial charge in [-0.1, -0.05) is 24.3 Å². The second-order valence-corrected chi connectivity index (χ2v) is 4.17. The molecule has 2 heterocycles. The average Bonchev–Trinajstić information content (AvgIpc) is 2.74. The van der Waals surface area contributed by atoms with Crippen molar-refractivity contribution in [2.75, 3.05) is 0 Å². The Labute approximate surface area is 92.0 Å². The summed E-state index contributed by atoms with van der Waals surface area (Å²) in [7, 11) is 0. The van der Waals surface area contributed by atoms with Gasteiger partial charge in [-0.2, -0.15) is 0 Å². The first-order valence-corrected chi connectivity index (χ1v) is 5.56. The van der Waals surface area contributed by atoms with Crippen molar-refractivity contribution in [2.45, 2.75) is 0 Å². The molecule has 15 heavy (non-hydrogen) atoms. The quantitative estimate of drug-likeness (QED) is 0.596. The first-order valence-electron chi connectivity index (χ1n) is 4.75. The Hall–Kier alpha value is -1.67. The topological polar surface area (TPSA) is 12.9 Å². The van der Waals surface area contributed by atoms with Crippen molar-refractivity contribution in [3.05, 3.63) is 54.2 Å². The molecule has 0 aliphatic rings. The minimum atomic E-state index is 1.13. The summed E-state index contributed by atoms with van der Waals surface area (Å²) in [6.45, 7) is 0. The summed E-state index contributed by atoms with van der Waals surface area (Å²) in [5.74, 6) is 0. The van der Waals surface area contributed by atoms with Gasteiger partial charge in [-0.15, -0.1) is 11.3 Å². The number of pyridine rings is 1. The van der Waals surface area contributed by atoms with E-state index in [0.717, 1.165) is 11.1 Å². The van der Waals surface area contributed by atoms with Crippen LogP contribution < -0.4 is 0 Å². The largest absolute Gasteiger partial charge is 0.264 e. The normalized spacial score (nSPS) is 10.7. The smallest absolute Gasteiger partial charge is 0.0540 e. The maximum Gasteiger partial charge on any atom is 0.0540 e. The van der Waals surface area contributed by atoms with Gasteiger partial charge in [-0.05, 0) is 12.1 Å². The Bertz CT molecular complexity index is 584. The molecule has 1 radical (unpaired) electrons. The fraction of sp³-hybridized carbons (Fsp3) is 0. The van der Waals surface area contributed by atoms with Crippen molar-refractivity contribution < 1.29 is 0 Å². The van der Waals surface area contributed by atoms with Gasteiger partial charge in [0.05, 0.1) is 5.38 Å². The third-order valence-electron chi connectivity index (χ3n) is 2.37. The van der Waals surface area contributed by atoms with Crippen molar-refractivity contribution >= 4 is 21.4 Å². The van der Waals surface area contributed by atoms with Crippen LogP contribution >= 0.6 is 11.3 Å². The fourth-order valence-corrected chi connectivity index (χ4v) is 2.51. The maximum atomic E-state index is 4.13. The lowest BCUT2D eigenvalue weighted by Gasteiger charge is -1.97. The van der Waals surface area contributed by atoms with Crippen LogP contribution in [0.1, 0.15) is 0 Å². The predicted octanol–water partition coefficient (Wildman–Crippen LogP) is 3.76. The van der Waals surface area contributed by atoms with E-state index < -0.39 is 0 Å². The van der Waals surface area contributed by atoms with Gasteiger partial charge in [0.15, 0.2) is 0 Å². The molecule has 0 unspecified atom stereocenters. The molecule has 0 atom stereocenters. The Morgan fingerprint density at radius 3 is 2.87 bits per heavy atom. The summed E-state index contributed by atoms with van der Waals surface area (Å²) < 4.78 is 1.27. The van der Waals surface area contributed by atoms with Crippen LogP contribution in [0.3, 0.4) is 0 Å². The number of hydrogen-bond donors (Lipinski definition) is 0. The van der Waals surface area contributed by atoms with Gasteiger partial charge in [-0.3, -0.25) is 4.98 Å². The Kier molecular flexibility index (Phi) is 2.00. The van der Waals surface area contributed by atoms with Crippen LogP contribution in [0.15, 0.2) is 48.8 Å². The van der Waals surface area contributed by atoms with E-state index in [1.165, 1.54) is 10.1 Å². The number of hydrogen-bond acceptors (Lipinski definition) is 2. The molecule has 71 valence electrons. The van der Waals surface area contributed by atoms with E-state index in [2.05, 4.69) is 40.7 Å². The molecule has 0 spiro atoms. The van der Waals surface area contributed by atoms with Crippen molar-refractivity contribution in [1.29, 1.82) is 0 Å². The Morgan fingerprint density at radius 2 is 2.00 bits per heavy atom. The molecular formula is C13H8NS. The standard InChI is InChI=1S/C13H8NS/c1-2-6-13-11(5-1)12(9-15-13)10-4-3-7-14-8-10/h1-8H. The maximum absolute atomic E-state index is 4.13. The number of fused-ring (bicyclic) bond motifs is 1. The molecular weight excluding hydrogens is 202 g/mol. The zero-order chi connectivity index (χ0) is 10.1. The molecule has 2 heteroatoms. The molecule has 0 aliphatic heterocycles. The van der Waals surface area contributed by atoms with Crippen molar-refractivity contribution in [1.82, 2.24) is 4.98 Å². The van der Waals surface area contributed by atoms with Crippen LogP contribution in [-0.4, -0.2) is 4.98 Å². The highest BCUT2D eigenvalue weighted by Gasteiger charge is 2.05. The average molecular weight is 210 g/mol.